The van der Waals surface area contributed by atoms with Crippen LogP contribution in [0.2, 0.25) is 0 Å². The maximum absolute atomic E-state index is 13.1. The molecule has 13 heteroatoms. The lowest BCUT2D eigenvalue weighted by Gasteiger charge is -2.23. The van der Waals surface area contributed by atoms with E-state index in [2.05, 4.69) is 26.3 Å². The van der Waals surface area contributed by atoms with Crippen molar-refractivity contribution in [2.24, 2.45) is 0 Å². The van der Waals surface area contributed by atoms with E-state index in [1.54, 1.807) is 0 Å². The van der Waals surface area contributed by atoms with Crippen LogP contribution in [-0.2, 0) is 38.8 Å². The highest BCUT2D eigenvalue weighted by atomic mass is 35.5. The molecule has 75 heavy (non-hydrogen) atoms. The molecule has 0 saturated heterocycles. The van der Waals surface area contributed by atoms with Crippen LogP contribution in [0.4, 0.5) is 11.4 Å². The maximum Gasteiger partial charge on any atom is 0.337 e. The van der Waals surface area contributed by atoms with Gasteiger partial charge in [-0.15, -0.1) is 11.6 Å². The van der Waals surface area contributed by atoms with Crippen molar-refractivity contribution >= 4 is 68.5 Å². The number of benzene rings is 6. The number of rotatable bonds is 13. The minimum Gasteiger partial charge on any atom is -0.489 e. The number of carbonyl (C=O) groups excluding carboxylic acids is 4. The molecule has 3 heterocycles. The highest BCUT2D eigenvalue weighted by Crippen LogP contribution is 2.48. The monoisotopic (exact) mass is 1020 g/mol. The van der Waals surface area contributed by atoms with Gasteiger partial charge in [0.1, 0.15) is 37.1 Å². The zero-order valence-electron chi connectivity index (χ0n) is 42.3. The number of hydrogen-bond donors (Lipinski definition) is 3. The van der Waals surface area contributed by atoms with E-state index >= 15 is 0 Å². The van der Waals surface area contributed by atoms with Crippen LogP contribution in [-0.4, -0.2) is 53.4 Å². The van der Waals surface area contributed by atoms with Gasteiger partial charge in [-0.2, -0.15) is 0 Å². The summed E-state index contributed by atoms with van der Waals surface area (Å²) in [5, 5.41) is 8.26. The number of anilines is 2. The minimum atomic E-state index is -0.379. The Balaban J connectivity index is 0.000000171. The summed E-state index contributed by atoms with van der Waals surface area (Å²) in [7, 11) is 2.77. The summed E-state index contributed by atoms with van der Waals surface area (Å²) >= 11 is 5.86. The largest absolute Gasteiger partial charge is 0.489 e. The van der Waals surface area contributed by atoms with Gasteiger partial charge in [0.15, 0.2) is 0 Å². The molecule has 12 nitrogen and oxygen atoms in total. The summed E-state index contributed by atoms with van der Waals surface area (Å²) in [5.74, 6) is 0.831. The van der Waals surface area contributed by atoms with Crippen LogP contribution in [0.3, 0.4) is 0 Å². The molecule has 0 bridgehead atoms. The molecule has 3 aliphatic rings. The predicted octanol–water partition coefficient (Wildman–Crippen LogP) is 14.1. The van der Waals surface area contributed by atoms with E-state index in [0.29, 0.717) is 53.4 Å². The second kappa shape index (κ2) is 23.2. The molecule has 384 valence electrons. The Morgan fingerprint density at radius 2 is 1.19 bits per heavy atom. The zero-order chi connectivity index (χ0) is 51.8. The van der Waals surface area contributed by atoms with Gasteiger partial charge in [-0.3, -0.25) is 9.59 Å². The van der Waals surface area contributed by atoms with Gasteiger partial charge < -0.3 is 39.1 Å². The van der Waals surface area contributed by atoms with Crippen LogP contribution < -0.4 is 20.1 Å². The van der Waals surface area contributed by atoms with Crippen molar-refractivity contribution in [3.63, 3.8) is 0 Å². The average molecular weight is 1030 g/mol. The number of nitrogens with one attached hydrogen (secondary N) is 3. The summed E-state index contributed by atoms with van der Waals surface area (Å²) in [5.41, 5.74) is 12.6. The van der Waals surface area contributed by atoms with Gasteiger partial charge >= 0.3 is 11.9 Å². The third-order valence-electron chi connectivity index (χ3n) is 14.8. The van der Waals surface area contributed by atoms with E-state index in [1.807, 2.05) is 127 Å². The van der Waals surface area contributed by atoms with E-state index in [-0.39, 0.29) is 36.2 Å². The predicted molar refractivity (Wildman–Crippen MR) is 295 cm³/mol. The van der Waals surface area contributed by atoms with E-state index < -0.39 is 0 Å². The van der Waals surface area contributed by atoms with Crippen LogP contribution in [0.1, 0.15) is 119 Å². The highest BCUT2D eigenvalue weighted by molar-refractivity contribution is 6.29. The number of nitrogens with zero attached hydrogens (tertiary/aromatic N) is 1. The normalized spacial score (nSPS) is 14.6. The number of fused-ring (bicyclic) bond motifs is 6. The Bertz CT molecular complexity index is 3370. The molecule has 2 saturated carbocycles. The third kappa shape index (κ3) is 11.2. The molecule has 0 radical (unpaired) electrons. The van der Waals surface area contributed by atoms with Crippen molar-refractivity contribution in [1.82, 2.24) is 9.55 Å². The number of carbonyl (C=O) groups is 4. The third-order valence-corrected chi connectivity index (χ3v) is 15.0. The first kappa shape index (κ1) is 50.7. The lowest BCUT2D eigenvalue weighted by Crippen LogP contribution is -2.16. The van der Waals surface area contributed by atoms with Crippen molar-refractivity contribution in [2.75, 3.05) is 30.7 Å². The smallest absolute Gasteiger partial charge is 0.337 e. The van der Waals surface area contributed by atoms with E-state index in [0.717, 1.165) is 86.8 Å². The first-order valence-corrected chi connectivity index (χ1v) is 26.5. The molecular formula is C62H61ClN4O8. The second-order valence-corrected chi connectivity index (χ2v) is 19.9. The van der Waals surface area contributed by atoms with Crippen molar-refractivity contribution in [3.05, 3.63) is 167 Å². The Morgan fingerprint density at radius 3 is 1.79 bits per heavy atom. The van der Waals surface area contributed by atoms with E-state index in [1.165, 1.54) is 63.9 Å². The van der Waals surface area contributed by atoms with Crippen molar-refractivity contribution in [2.45, 2.75) is 95.8 Å². The SMILES string of the molecule is COC(=O)c1ccc2c(C3CCCCC3)c(-c3ccc(OCc4ccccc4)cc3NC(=O)CCl)[nH]c2c1.COC(=O)c1ccc2c(C3CCCCC3)c3n(c2c1)CC(=O)Nc1cc(OCc2ccccc2)ccc1-3. The van der Waals surface area contributed by atoms with E-state index in [9.17, 15) is 19.2 Å². The molecule has 0 spiro atoms. The van der Waals surface area contributed by atoms with Crippen LogP contribution in [0.25, 0.3) is 44.3 Å². The molecule has 11 rings (SSSR count). The first-order valence-electron chi connectivity index (χ1n) is 26.0. The van der Waals surface area contributed by atoms with Gasteiger partial charge in [-0.25, -0.2) is 9.59 Å². The molecule has 2 aromatic heterocycles. The number of ether oxygens (including phenoxy) is 4. The van der Waals surface area contributed by atoms with Crippen molar-refractivity contribution in [1.29, 1.82) is 0 Å². The molecule has 1 aliphatic heterocycles. The van der Waals surface area contributed by atoms with Crippen molar-refractivity contribution in [3.8, 4) is 34.0 Å². The van der Waals surface area contributed by atoms with Crippen LogP contribution in [0.15, 0.2) is 133 Å². The number of halogens is 1. The molecular weight excluding hydrogens is 964 g/mol. The van der Waals surface area contributed by atoms with Gasteiger partial charge in [0.25, 0.3) is 0 Å². The zero-order valence-corrected chi connectivity index (χ0v) is 43.1. The molecule has 2 amide bonds. The summed E-state index contributed by atoms with van der Waals surface area (Å²) in [6.45, 7) is 1.05. The summed E-state index contributed by atoms with van der Waals surface area (Å²) in [6.07, 6.45) is 11.7. The summed E-state index contributed by atoms with van der Waals surface area (Å²) in [6, 6.07) is 43.1. The van der Waals surface area contributed by atoms with Gasteiger partial charge in [0.05, 0.1) is 53.6 Å². The quantitative estimate of drug-likeness (QED) is 0.0763. The number of alkyl halides is 1. The van der Waals surface area contributed by atoms with Gasteiger partial charge in [0, 0.05) is 39.5 Å². The van der Waals surface area contributed by atoms with Crippen molar-refractivity contribution < 1.29 is 38.1 Å². The van der Waals surface area contributed by atoms with Gasteiger partial charge in [0.2, 0.25) is 11.8 Å². The van der Waals surface area contributed by atoms with E-state index in [4.69, 9.17) is 30.5 Å². The standard InChI is InChI=1S/C31H31ClN2O4.C31H30N2O4/c1-37-31(36)22-12-14-24-26(16-22)34-30(29(24)21-10-6-3-7-11-21)25-15-13-23(17-27(25)33-28(35)18-32)38-19-20-8-4-2-5-9-20;1-36-31(35)22-12-14-25-27(16-22)33-18-28(34)32-26-17-23(37-19-20-8-4-2-5-9-20)13-15-24(26)30(33)29(25)21-10-6-3-7-11-21/h2,4-5,8-9,12-17,21,34H,3,6-7,10-11,18-19H2,1H3,(H,33,35);2,4-5,8-9,12-17,21H,3,6-7,10-11,18-19H2,1H3,(H,32,34). The summed E-state index contributed by atoms with van der Waals surface area (Å²) in [4.78, 5) is 53.7. The highest BCUT2D eigenvalue weighted by Gasteiger charge is 2.32. The maximum atomic E-state index is 13.1. The molecule has 6 aromatic carbocycles. The molecule has 0 unspecified atom stereocenters. The lowest BCUT2D eigenvalue weighted by molar-refractivity contribution is -0.116. The Hall–Kier alpha value is -7.83. The fourth-order valence-corrected chi connectivity index (χ4v) is 11.3. The number of aromatic amines is 1. The fraction of sp³-hybridized carbons (Fsp3) is 0.290. The lowest BCUT2D eigenvalue weighted by atomic mass is 9.81. The van der Waals surface area contributed by atoms with Crippen LogP contribution in [0, 0.1) is 0 Å². The molecule has 3 N–H and O–H groups in total. The Kier molecular flexibility index (Phi) is 15.6. The topological polar surface area (TPSA) is 150 Å². The number of esters is 2. The fourth-order valence-electron chi connectivity index (χ4n) is 11.2. The number of hydrogen-bond acceptors (Lipinski definition) is 8. The number of amides is 2. The van der Waals surface area contributed by atoms with Gasteiger partial charge in [-0.05, 0) is 108 Å². The molecule has 8 aromatic rings. The first-order chi connectivity index (χ1) is 36.7. The summed E-state index contributed by atoms with van der Waals surface area (Å²) < 4.78 is 24.1. The van der Waals surface area contributed by atoms with Crippen LogP contribution in [0.5, 0.6) is 11.5 Å². The number of aromatic nitrogens is 2. The second-order valence-electron chi connectivity index (χ2n) is 19.6. The molecule has 0 atom stereocenters. The Labute approximate surface area is 441 Å². The molecule has 2 aliphatic carbocycles. The van der Waals surface area contributed by atoms with Gasteiger partial charge in [-0.1, -0.05) is 111 Å². The molecule has 2 fully saturated rings. The number of methoxy groups -OCH3 is 2. The average Bonchev–Trinajstić information content (AvgIpc) is 3.96. The minimum absolute atomic E-state index is 0.101. The number of H-pyrrole nitrogens is 1. The van der Waals surface area contributed by atoms with Crippen LogP contribution >= 0.6 is 11.6 Å². The Morgan fingerprint density at radius 1 is 0.627 bits per heavy atom.